The maximum Gasteiger partial charge on any atom is 0.131 e. The van der Waals surface area contributed by atoms with Crippen molar-refractivity contribution in [3.05, 3.63) is 22.8 Å². The van der Waals surface area contributed by atoms with Gasteiger partial charge in [0.2, 0.25) is 0 Å². The highest BCUT2D eigenvalue weighted by molar-refractivity contribution is 5.29. The van der Waals surface area contributed by atoms with E-state index in [1.165, 1.54) is 11.3 Å². The van der Waals surface area contributed by atoms with Crippen LogP contribution in [-0.4, -0.2) is 15.6 Å². The fourth-order valence-corrected chi connectivity index (χ4v) is 3.20. The van der Waals surface area contributed by atoms with Crippen LogP contribution < -0.4 is 0 Å². The molecule has 0 saturated heterocycles. The topological polar surface area (TPSA) is 35.0 Å². The lowest BCUT2D eigenvalue weighted by Gasteiger charge is -2.44. The Labute approximate surface area is 123 Å². The number of nitrogens with zero attached hydrogens (tertiary/aromatic N) is 2. The first kappa shape index (κ1) is 15.4. The standard InChI is InChI=1S/C17H28N2O/c1-10(2)16-18-13(7)14-9-20-17(11(3)4,12(5)6)8-15(14)19-16/h10-12H,8-9H2,1-7H3. The van der Waals surface area contributed by atoms with Gasteiger partial charge in [-0.05, 0) is 18.8 Å². The maximum absolute atomic E-state index is 6.32. The molecular formula is C17H28N2O. The Hall–Kier alpha value is -0.960. The van der Waals surface area contributed by atoms with E-state index in [-0.39, 0.29) is 5.60 Å². The van der Waals surface area contributed by atoms with Gasteiger partial charge in [0.1, 0.15) is 5.82 Å². The number of aryl methyl sites for hydroxylation is 1. The van der Waals surface area contributed by atoms with Crippen molar-refractivity contribution in [2.75, 3.05) is 0 Å². The second-order valence-corrected chi connectivity index (χ2v) is 6.98. The maximum atomic E-state index is 6.32. The molecule has 20 heavy (non-hydrogen) atoms. The molecule has 0 N–H and O–H groups in total. The molecular weight excluding hydrogens is 248 g/mol. The van der Waals surface area contributed by atoms with Crippen molar-refractivity contribution in [2.24, 2.45) is 11.8 Å². The number of rotatable bonds is 3. The lowest BCUT2D eigenvalue weighted by atomic mass is 9.75. The largest absolute Gasteiger partial charge is 0.369 e. The van der Waals surface area contributed by atoms with Crippen LogP contribution in [-0.2, 0) is 17.8 Å². The number of fused-ring (bicyclic) bond motifs is 1. The summed E-state index contributed by atoms with van der Waals surface area (Å²) in [5.74, 6) is 2.29. The molecule has 1 aliphatic heterocycles. The van der Waals surface area contributed by atoms with Crippen molar-refractivity contribution >= 4 is 0 Å². The Kier molecular flexibility index (Phi) is 4.19. The third kappa shape index (κ3) is 2.48. The highest BCUT2D eigenvalue weighted by Crippen LogP contribution is 2.39. The number of ether oxygens (including phenoxy) is 1. The molecule has 1 aromatic rings. The lowest BCUT2D eigenvalue weighted by Crippen LogP contribution is -2.48. The van der Waals surface area contributed by atoms with Crippen LogP contribution in [0.5, 0.6) is 0 Å². The van der Waals surface area contributed by atoms with E-state index in [9.17, 15) is 0 Å². The van der Waals surface area contributed by atoms with Gasteiger partial charge < -0.3 is 4.74 Å². The van der Waals surface area contributed by atoms with Gasteiger partial charge in [-0.25, -0.2) is 9.97 Å². The number of aromatic nitrogens is 2. The van der Waals surface area contributed by atoms with Crippen molar-refractivity contribution in [2.45, 2.75) is 73.0 Å². The van der Waals surface area contributed by atoms with E-state index in [0.717, 1.165) is 17.9 Å². The summed E-state index contributed by atoms with van der Waals surface area (Å²) in [5, 5.41) is 0. The summed E-state index contributed by atoms with van der Waals surface area (Å²) in [7, 11) is 0. The molecule has 0 unspecified atom stereocenters. The van der Waals surface area contributed by atoms with Crippen LogP contribution in [0.3, 0.4) is 0 Å². The van der Waals surface area contributed by atoms with Gasteiger partial charge in [0.05, 0.1) is 17.9 Å². The SMILES string of the molecule is Cc1nc(C(C)C)nc2c1COC(C(C)C)(C(C)C)C2. The van der Waals surface area contributed by atoms with Gasteiger partial charge in [0.25, 0.3) is 0 Å². The zero-order chi connectivity index (χ0) is 15.1. The van der Waals surface area contributed by atoms with Crippen molar-refractivity contribution < 1.29 is 4.74 Å². The van der Waals surface area contributed by atoms with Gasteiger partial charge in [0, 0.05) is 23.6 Å². The molecule has 0 amide bonds. The molecule has 0 saturated carbocycles. The van der Waals surface area contributed by atoms with Gasteiger partial charge >= 0.3 is 0 Å². The first-order chi connectivity index (χ1) is 9.28. The molecule has 1 aliphatic rings. The highest BCUT2D eigenvalue weighted by atomic mass is 16.5. The first-order valence-corrected chi connectivity index (χ1v) is 7.78. The van der Waals surface area contributed by atoms with Crippen molar-refractivity contribution in [1.82, 2.24) is 9.97 Å². The van der Waals surface area contributed by atoms with Gasteiger partial charge in [0.15, 0.2) is 0 Å². The Morgan fingerprint density at radius 3 is 2.10 bits per heavy atom. The summed E-state index contributed by atoms with van der Waals surface area (Å²) in [5.41, 5.74) is 3.39. The molecule has 2 rings (SSSR count). The molecule has 1 aromatic heterocycles. The van der Waals surface area contributed by atoms with Crippen LogP contribution in [0.1, 0.15) is 70.2 Å². The average Bonchev–Trinajstić information content (AvgIpc) is 2.37. The summed E-state index contributed by atoms with van der Waals surface area (Å²) in [6, 6.07) is 0. The average molecular weight is 276 g/mol. The highest BCUT2D eigenvalue weighted by Gasteiger charge is 2.42. The van der Waals surface area contributed by atoms with Crippen LogP contribution in [0, 0.1) is 18.8 Å². The Morgan fingerprint density at radius 2 is 1.60 bits per heavy atom. The van der Waals surface area contributed by atoms with E-state index in [1.54, 1.807) is 0 Å². The molecule has 112 valence electrons. The Bertz CT molecular complexity index is 484. The molecule has 0 fully saturated rings. The minimum Gasteiger partial charge on any atom is -0.369 e. The van der Waals surface area contributed by atoms with Crippen LogP contribution in [0.4, 0.5) is 0 Å². The third-order valence-electron chi connectivity index (χ3n) is 4.72. The lowest BCUT2D eigenvalue weighted by molar-refractivity contribution is -0.129. The normalized spacial score (nSPS) is 17.9. The van der Waals surface area contributed by atoms with Crippen molar-refractivity contribution in [3.63, 3.8) is 0 Å². The summed E-state index contributed by atoms with van der Waals surface area (Å²) in [6.07, 6.45) is 0.904. The zero-order valence-electron chi connectivity index (χ0n) is 13.9. The minimum absolute atomic E-state index is 0.0952. The zero-order valence-corrected chi connectivity index (χ0v) is 13.9. The minimum atomic E-state index is -0.0952. The van der Waals surface area contributed by atoms with E-state index < -0.39 is 0 Å². The van der Waals surface area contributed by atoms with Gasteiger partial charge in [-0.15, -0.1) is 0 Å². The second kappa shape index (κ2) is 5.44. The summed E-state index contributed by atoms with van der Waals surface area (Å²) in [4.78, 5) is 9.47. The van der Waals surface area contributed by atoms with Gasteiger partial charge in [-0.1, -0.05) is 41.5 Å². The fourth-order valence-electron chi connectivity index (χ4n) is 3.20. The predicted octanol–water partition coefficient (Wildman–Crippen LogP) is 4.03. The monoisotopic (exact) mass is 276 g/mol. The molecule has 0 radical (unpaired) electrons. The van der Waals surface area contributed by atoms with Crippen molar-refractivity contribution in [1.29, 1.82) is 0 Å². The van der Waals surface area contributed by atoms with Crippen LogP contribution in [0.15, 0.2) is 0 Å². The molecule has 0 atom stereocenters. The molecule has 0 bridgehead atoms. The summed E-state index contributed by atoms with van der Waals surface area (Å²) >= 11 is 0. The number of hydrogen-bond donors (Lipinski definition) is 0. The Balaban J connectivity index is 2.47. The van der Waals surface area contributed by atoms with Crippen molar-refractivity contribution in [3.8, 4) is 0 Å². The molecule has 3 nitrogen and oxygen atoms in total. The molecule has 3 heteroatoms. The van der Waals surface area contributed by atoms with Gasteiger partial charge in [-0.3, -0.25) is 0 Å². The van der Waals surface area contributed by atoms with E-state index in [0.29, 0.717) is 24.4 Å². The summed E-state index contributed by atoms with van der Waals surface area (Å²) in [6.45, 7) is 16.0. The Morgan fingerprint density at radius 1 is 1.00 bits per heavy atom. The molecule has 0 spiro atoms. The fraction of sp³-hybridized carbons (Fsp3) is 0.765. The summed E-state index contributed by atoms with van der Waals surface area (Å²) < 4.78 is 6.32. The van der Waals surface area contributed by atoms with E-state index >= 15 is 0 Å². The van der Waals surface area contributed by atoms with E-state index in [1.807, 2.05) is 0 Å². The third-order valence-corrected chi connectivity index (χ3v) is 4.72. The van der Waals surface area contributed by atoms with Crippen LogP contribution >= 0.6 is 0 Å². The second-order valence-electron chi connectivity index (χ2n) is 6.98. The molecule has 2 heterocycles. The van der Waals surface area contributed by atoms with E-state index in [2.05, 4.69) is 53.5 Å². The molecule has 0 aromatic carbocycles. The van der Waals surface area contributed by atoms with E-state index in [4.69, 9.17) is 9.72 Å². The smallest absolute Gasteiger partial charge is 0.131 e. The molecule has 0 aliphatic carbocycles. The van der Waals surface area contributed by atoms with Crippen LogP contribution in [0.25, 0.3) is 0 Å². The van der Waals surface area contributed by atoms with Crippen LogP contribution in [0.2, 0.25) is 0 Å². The first-order valence-electron chi connectivity index (χ1n) is 7.78. The predicted molar refractivity (Wildman–Crippen MR) is 81.8 cm³/mol. The van der Waals surface area contributed by atoms with Gasteiger partial charge in [-0.2, -0.15) is 0 Å². The number of hydrogen-bond acceptors (Lipinski definition) is 3. The quantitative estimate of drug-likeness (QED) is 0.836.